The number of halogens is 5. The van der Waals surface area contributed by atoms with Gasteiger partial charge in [0.15, 0.2) is 11.5 Å². The van der Waals surface area contributed by atoms with Crippen molar-refractivity contribution in [2.75, 3.05) is 12.4 Å². The highest BCUT2D eigenvalue weighted by Crippen LogP contribution is 2.31. The number of alkyl halides is 4. The molecule has 0 aliphatic carbocycles. The number of ether oxygens (including phenoxy) is 3. The molecule has 26 heavy (non-hydrogen) atoms. The van der Waals surface area contributed by atoms with Crippen LogP contribution in [0, 0.1) is 0 Å². The van der Waals surface area contributed by atoms with Gasteiger partial charge in [-0.1, -0.05) is 11.6 Å². The summed E-state index contributed by atoms with van der Waals surface area (Å²) in [6.07, 6.45) is 0. The third-order valence-electron chi connectivity index (χ3n) is 3.05. The lowest BCUT2D eigenvalue weighted by molar-refractivity contribution is -0.0514. The SMILES string of the molecule is COc1cc(C(=O)Nc2ccc(OC(F)F)c(Cl)c2)ccc1OC(F)F. The van der Waals surface area contributed by atoms with Gasteiger partial charge in [-0.15, -0.1) is 0 Å². The lowest BCUT2D eigenvalue weighted by atomic mass is 10.2. The second-order valence-corrected chi connectivity index (χ2v) is 5.13. The number of nitrogens with one attached hydrogen (secondary N) is 1. The highest BCUT2D eigenvalue weighted by atomic mass is 35.5. The number of carbonyl (C=O) groups excluding carboxylic acids is 1. The van der Waals surface area contributed by atoms with Crippen LogP contribution < -0.4 is 19.5 Å². The average molecular weight is 394 g/mol. The van der Waals surface area contributed by atoms with E-state index in [2.05, 4.69) is 14.8 Å². The first-order valence-electron chi connectivity index (χ1n) is 6.98. The summed E-state index contributed by atoms with van der Waals surface area (Å²) in [5.41, 5.74) is 0.306. The van der Waals surface area contributed by atoms with Gasteiger partial charge in [-0.05, 0) is 36.4 Å². The van der Waals surface area contributed by atoms with Crippen LogP contribution in [0.1, 0.15) is 10.4 Å². The Morgan fingerprint density at radius 3 is 2.15 bits per heavy atom. The minimum Gasteiger partial charge on any atom is -0.493 e. The second kappa shape index (κ2) is 8.61. The highest BCUT2D eigenvalue weighted by Gasteiger charge is 2.15. The van der Waals surface area contributed by atoms with Crippen molar-refractivity contribution in [1.82, 2.24) is 0 Å². The number of benzene rings is 2. The number of methoxy groups -OCH3 is 1. The van der Waals surface area contributed by atoms with Crippen molar-refractivity contribution in [3.8, 4) is 17.2 Å². The number of rotatable bonds is 7. The summed E-state index contributed by atoms with van der Waals surface area (Å²) in [5, 5.41) is 2.36. The maximum atomic E-state index is 12.3. The zero-order valence-corrected chi connectivity index (χ0v) is 13.9. The molecule has 1 N–H and O–H groups in total. The first-order chi connectivity index (χ1) is 12.3. The maximum absolute atomic E-state index is 12.3. The van der Waals surface area contributed by atoms with Gasteiger partial charge < -0.3 is 19.5 Å². The molecule has 2 aromatic carbocycles. The van der Waals surface area contributed by atoms with Gasteiger partial charge >= 0.3 is 13.2 Å². The van der Waals surface area contributed by atoms with E-state index in [1.165, 1.54) is 37.4 Å². The van der Waals surface area contributed by atoms with Crippen LogP contribution >= 0.6 is 11.6 Å². The summed E-state index contributed by atoms with van der Waals surface area (Å²) >= 11 is 5.80. The van der Waals surface area contributed by atoms with Crippen molar-refractivity contribution in [1.29, 1.82) is 0 Å². The van der Waals surface area contributed by atoms with Crippen molar-refractivity contribution < 1.29 is 36.6 Å². The van der Waals surface area contributed by atoms with Gasteiger partial charge in [0, 0.05) is 11.3 Å². The van der Waals surface area contributed by atoms with E-state index in [0.717, 1.165) is 6.07 Å². The van der Waals surface area contributed by atoms with Crippen molar-refractivity contribution in [3.63, 3.8) is 0 Å². The van der Waals surface area contributed by atoms with Crippen molar-refractivity contribution in [2.24, 2.45) is 0 Å². The van der Waals surface area contributed by atoms with Crippen LogP contribution in [0.25, 0.3) is 0 Å². The van der Waals surface area contributed by atoms with Gasteiger partial charge in [-0.25, -0.2) is 0 Å². The minimum absolute atomic E-state index is 0.0586. The molecule has 0 radical (unpaired) electrons. The Hall–Kier alpha value is -2.68. The highest BCUT2D eigenvalue weighted by molar-refractivity contribution is 6.32. The Morgan fingerprint density at radius 1 is 0.962 bits per heavy atom. The zero-order chi connectivity index (χ0) is 19.3. The molecule has 0 spiro atoms. The summed E-state index contributed by atoms with van der Waals surface area (Å²) in [7, 11) is 1.23. The Balaban J connectivity index is 2.15. The van der Waals surface area contributed by atoms with E-state index in [1.54, 1.807) is 0 Å². The van der Waals surface area contributed by atoms with Crippen LogP contribution in [0.5, 0.6) is 17.2 Å². The van der Waals surface area contributed by atoms with Gasteiger partial charge in [-0.3, -0.25) is 4.79 Å². The van der Waals surface area contributed by atoms with Crippen LogP contribution in [-0.2, 0) is 0 Å². The van der Waals surface area contributed by atoms with Gasteiger partial charge in [0.25, 0.3) is 5.91 Å². The molecule has 0 saturated carbocycles. The molecule has 0 aliphatic heterocycles. The predicted molar refractivity (Wildman–Crippen MR) is 85.7 cm³/mol. The summed E-state index contributed by atoms with van der Waals surface area (Å²) in [6.45, 7) is -6.07. The van der Waals surface area contributed by atoms with E-state index in [4.69, 9.17) is 16.3 Å². The smallest absolute Gasteiger partial charge is 0.387 e. The maximum Gasteiger partial charge on any atom is 0.387 e. The van der Waals surface area contributed by atoms with E-state index in [1.807, 2.05) is 0 Å². The molecule has 0 aromatic heterocycles. The molecule has 10 heteroatoms. The molecule has 2 rings (SSSR count). The normalized spacial score (nSPS) is 10.8. The molecule has 0 aliphatic rings. The first-order valence-corrected chi connectivity index (χ1v) is 7.36. The fraction of sp³-hybridized carbons (Fsp3) is 0.188. The number of hydrogen-bond donors (Lipinski definition) is 1. The summed E-state index contributed by atoms with van der Waals surface area (Å²) in [5.74, 6) is -1.13. The van der Waals surface area contributed by atoms with Gasteiger partial charge in [-0.2, -0.15) is 17.6 Å². The molecule has 2 aromatic rings. The molecular weight excluding hydrogens is 382 g/mol. The number of amides is 1. The standard InChI is InChI=1S/C16H12ClF4NO4/c1-24-13-6-8(2-4-12(13)26-16(20)21)14(23)22-9-3-5-11(10(17)7-9)25-15(18)19/h2-7,15-16H,1H3,(H,22,23). The van der Waals surface area contributed by atoms with Crippen LogP contribution in [0.15, 0.2) is 36.4 Å². The predicted octanol–water partition coefficient (Wildman–Crippen LogP) is 4.80. The molecule has 0 bridgehead atoms. The lowest BCUT2D eigenvalue weighted by Gasteiger charge is -2.12. The van der Waals surface area contributed by atoms with Crippen LogP contribution in [0.4, 0.5) is 23.2 Å². The molecule has 1 amide bonds. The topological polar surface area (TPSA) is 56.8 Å². The largest absolute Gasteiger partial charge is 0.493 e. The van der Waals surface area contributed by atoms with E-state index >= 15 is 0 Å². The van der Waals surface area contributed by atoms with Gasteiger partial charge in [0.1, 0.15) is 5.75 Å². The van der Waals surface area contributed by atoms with E-state index < -0.39 is 19.1 Å². The van der Waals surface area contributed by atoms with Crippen LogP contribution in [0.3, 0.4) is 0 Å². The number of anilines is 1. The molecule has 0 atom stereocenters. The van der Waals surface area contributed by atoms with Crippen molar-refractivity contribution >= 4 is 23.2 Å². The summed E-state index contributed by atoms with van der Waals surface area (Å²) in [4.78, 5) is 12.2. The van der Waals surface area contributed by atoms with Gasteiger partial charge in [0.2, 0.25) is 0 Å². The minimum atomic E-state index is -3.04. The average Bonchev–Trinajstić information content (AvgIpc) is 2.56. The zero-order valence-electron chi connectivity index (χ0n) is 13.1. The van der Waals surface area contributed by atoms with Crippen molar-refractivity contribution in [3.05, 3.63) is 47.0 Å². The fourth-order valence-corrected chi connectivity index (χ4v) is 2.20. The number of carbonyl (C=O) groups is 1. The molecule has 140 valence electrons. The van der Waals surface area contributed by atoms with E-state index in [9.17, 15) is 22.4 Å². The monoisotopic (exact) mass is 393 g/mol. The van der Waals surface area contributed by atoms with Crippen LogP contribution in [0.2, 0.25) is 5.02 Å². The second-order valence-electron chi connectivity index (χ2n) is 4.72. The quantitative estimate of drug-likeness (QED) is 0.686. The number of hydrogen-bond acceptors (Lipinski definition) is 4. The van der Waals surface area contributed by atoms with Crippen molar-refractivity contribution in [2.45, 2.75) is 13.2 Å². The lowest BCUT2D eigenvalue weighted by Crippen LogP contribution is -2.12. The Bertz CT molecular complexity index is 789. The van der Waals surface area contributed by atoms with E-state index in [0.29, 0.717) is 0 Å². The molecule has 5 nitrogen and oxygen atoms in total. The summed E-state index contributed by atoms with van der Waals surface area (Å²) < 4.78 is 62.4. The Morgan fingerprint density at radius 2 is 1.58 bits per heavy atom. The molecule has 0 fully saturated rings. The molecule has 0 unspecified atom stereocenters. The Kier molecular flexibility index (Phi) is 6.51. The summed E-state index contributed by atoms with van der Waals surface area (Å²) in [6, 6.07) is 7.33. The molecule has 0 heterocycles. The third-order valence-corrected chi connectivity index (χ3v) is 3.34. The fourth-order valence-electron chi connectivity index (χ4n) is 1.98. The van der Waals surface area contributed by atoms with E-state index in [-0.39, 0.29) is 33.5 Å². The first kappa shape index (κ1) is 19.6. The molecular formula is C16H12ClF4NO4. The third kappa shape index (κ3) is 5.16. The molecule has 0 saturated heterocycles. The van der Waals surface area contributed by atoms with Crippen LogP contribution in [-0.4, -0.2) is 26.2 Å². The Labute approximate surface area is 150 Å². The van der Waals surface area contributed by atoms with Gasteiger partial charge in [0.05, 0.1) is 12.1 Å².